The van der Waals surface area contributed by atoms with Crippen LogP contribution < -0.4 is 15.6 Å². The van der Waals surface area contributed by atoms with Crippen molar-refractivity contribution in [2.45, 2.75) is 13.3 Å². The van der Waals surface area contributed by atoms with Crippen molar-refractivity contribution in [2.24, 2.45) is 0 Å². The molecule has 2 aromatic rings. The van der Waals surface area contributed by atoms with E-state index in [0.717, 1.165) is 16.5 Å². The maximum atomic E-state index is 11.6. The molecule has 0 radical (unpaired) electrons. The summed E-state index contributed by atoms with van der Waals surface area (Å²) in [5.74, 6) is -0.345. The molecule has 1 aromatic heterocycles. The van der Waals surface area contributed by atoms with Gasteiger partial charge in [0.15, 0.2) is 12.4 Å². The molecule has 0 bridgehead atoms. The van der Waals surface area contributed by atoms with Crippen LogP contribution in [0.5, 0.6) is 5.75 Å². The number of amides is 2. The zero-order chi connectivity index (χ0) is 15.9. The molecule has 2 rings (SSSR count). The van der Waals surface area contributed by atoms with E-state index in [1.165, 1.54) is 12.3 Å². The zero-order valence-corrected chi connectivity index (χ0v) is 13.5. The van der Waals surface area contributed by atoms with E-state index >= 15 is 0 Å². The number of ether oxygens (including phenoxy) is 1. The lowest BCUT2D eigenvalue weighted by Gasteiger charge is -2.10. The third-order valence-corrected chi connectivity index (χ3v) is 3.44. The number of benzene rings is 1. The number of rotatable bonds is 5. The normalized spacial score (nSPS) is 10.1. The molecule has 0 unspecified atom stereocenters. The van der Waals surface area contributed by atoms with Crippen molar-refractivity contribution in [1.29, 1.82) is 0 Å². The Bertz CT molecular complexity index is 656. The Labute approximate surface area is 135 Å². The lowest BCUT2D eigenvalue weighted by Crippen LogP contribution is -2.43. The van der Waals surface area contributed by atoms with Gasteiger partial charge in [-0.2, -0.15) is 0 Å². The number of nitrogens with one attached hydrogen (secondary N) is 2. The van der Waals surface area contributed by atoms with Crippen LogP contribution in [0.15, 0.2) is 45.5 Å². The fourth-order valence-electron chi connectivity index (χ4n) is 1.66. The molecule has 0 saturated heterocycles. The number of hydrogen-bond acceptors (Lipinski definition) is 4. The molecule has 0 spiro atoms. The summed E-state index contributed by atoms with van der Waals surface area (Å²) in [6.45, 7) is 1.83. The Balaban J connectivity index is 1.79. The molecule has 2 N–H and O–H groups in total. The lowest BCUT2D eigenvalue weighted by atomic mass is 10.2. The first-order valence-corrected chi connectivity index (χ1v) is 7.43. The molecule has 1 heterocycles. The third-order valence-electron chi connectivity index (χ3n) is 2.82. The molecular formula is C15H15BrN2O4. The summed E-state index contributed by atoms with van der Waals surface area (Å²) in [4.78, 5) is 23.2. The van der Waals surface area contributed by atoms with E-state index in [4.69, 9.17) is 9.15 Å². The highest BCUT2D eigenvalue weighted by Gasteiger charge is 2.10. The van der Waals surface area contributed by atoms with Gasteiger partial charge in [-0.3, -0.25) is 20.4 Å². The Morgan fingerprint density at radius 3 is 2.73 bits per heavy atom. The number of hydrazine groups is 1. The summed E-state index contributed by atoms with van der Waals surface area (Å²) < 4.78 is 11.1. The Morgan fingerprint density at radius 1 is 1.27 bits per heavy atom. The molecule has 0 atom stereocenters. The minimum atomic E-state index is -0.535. The highest BCUT2D eigenvalue weighted by molar-refractivity contribution is 9.10. The first kappa shape index (κ1) is 16.1. The molecule has 6 nitrogen and oxygen atoms in total. The van der Waals surface area contributed by atoms with Crippen LogP contribution in [0.2, 0.25) is 0 Å². The highest BCUT2D eigenvalue weighted by Crippen LogP contribution is 2.26. The predicted octanol–water partition coefficient (Wildman–Crippen LogP) is 2.44. The van der Waals surface area contributed by atoms with Crippen molar-refractivity contribution >= 4 is 27.7 Å². The standard InChI is InChI=1S/C15H15BrN2O4/c1-2-10-5-6-12(11(16)8-10)22-9-14(19)17-18-15(20)13-4-3-7-21-13/h3-8H,2,9H2,1H3,(H,17,19)(H,18,20). The molecule has 22 heavy (non-hydrogen) atoms. The SMILES string of the molecule is CCc1ccc(OCC(=O)NNC(=O)c2ccco2)c(Br)c1. The fourth-order valence-corrected chi connectivity index (χ4v) is 2.20. The van der Waals surface area contributed by atoms with E-state index in [2.05, 4.69) is 33.7 Å². The summed E-state index contributed by atoms with van der Waals surface area (Å²) in [7, 11) is 0. The van der Waals surface area contributed by atoms with E-state index < -0.39 is 11.8 Å². The summed E-state index contributed by atoms with van der Waals surface area (Å²) in [5, 5.41) is 0. The second-order valence-electron chi connectivity index (χ2n) is 4.39. The largest absolute Gasteiger partial charge is 0.483 e. The smallest absolute Gasteiger partial charge is 0.305 e. The van der Waals surface area contributed by atoms with E-state index in [9.17, 15) is 9.59 Å². The minimum Gasteiger partial charge on any atom is -0.483 e. The van der Waals surface area contributed by atoms with Crippen molar-refractivity contribution in [2.75, 3.05) is 6.61 Å². The Morgan fingerprint density at radius 2 is 2.09 bits per heavy atom. The molecule has 116 valence electrons. The number of halogens is 1. The predicted molar refractivity (Wildman–Crippen MR) is 83.3 cm³/mol. The molecule has 7 heteroatoms. The van der Waals surface area contributed by atoms with Gasteiger partial charge in [-0.05, 0) is 52.2 Å². The first-order chi connectivity index (χ1) is 10.6. The Kier molecular flexibility index (Phi) is 5.60. The molecule has 0 aliphatic heterocycles. The maximum absolute atomic E-state index is 11.6. The van der Waals surface area contributed by atoms with Gasteiger partial charge in [-0.1, -0.05) is 13.0 Å². The molecule has 2 amide bonds. The maximum Gasteiger partial charge on any atom is 0.305 e. The van der Waals surface area contributed by atoms with Crippen molar-refractivity contribution in [3.8, 4) is 5.75 Å². The Hall–Kier alpha value is -2.28. The number of aryl methyl sites for hydroxylation is 1. The van der Waals surface area contributed by atoms with Crippen LogP contribution in [-0.2, 0) is 11.2 Å². The summed E-state index contributed by atoms with van der Waals surface area (Å²) in [6, 6.07) is 8.72. The monoisotopic (exact) mass is 366 g/mol. The van der Waals surface area contributed by atoms with Gasteiger partial charge in [-0.15, -0.1) is 0 Å². The van der Waals surface area contributed by atoms with Gasteiger partial charge in [0.05, 0.1) is 10.7 Å². The lowest BCUT2D eigenvalue weighted by molar-refractivity contribution is -0.123. The summed E-state index contributed by atoms with van der Waals surface area (Å²) in [6.07, 6.45) is 2.29. The molecule has 0 aliphatic rings. The van der Waals surface area contributed by atoms with Crippen molar-refractivity contribution in [3.05, 3.63) is 52.4 Å². The molecule has 1 aromatic carbocycles. The van der Waals surface area contributed by atoms with Gasteiger partial charge in [0.2, 0.25) is 0 Å². The van der Waals surface area contributed by atoms with Gasteiger partial charge in [0, 0.05) is 0 Å². The zero-order valence-electron chi connectivity index (χ0n) is 11.9. The fraction of sp³-hybridized carbons (Fsp3) is 0.200. The average molecular weight is 367 g/mol. The van der Waals surface area contributed by atoms with Crippen LogP contribution in [0, 0.1) is 0 Å². The van der Waals surface area contributed by atoms with E-state index in [1.807, 2.05) is 12.1 Å². The van der Waals surface area contributed by atoms with Crippen LogP contribution in [0.4, 0.5) is 0 Å². The average Bonchev–Trinajstić information content (AvgIpc) is 3.05. The molecule has 0 saturated carbocycles. The van der Waals surface area contributed by atoms with E-state index in [1.54, 1.807) is 12.1 Å². The van der Waals surface area contributed by atoms with Crippen molar-refractivity contribution in [3.63, 3.8) is 0 Å². The van der Waals surface area contributed by atoms with Gasteiger partial charge < -0.3 is 9.15 Å². The van der Waals surface area contributed by atoms with Gasteiger partial charge in [0.1, 0.15) is 5.75 Å². The van der Waals surface area contributed by atoms with E-state index in [0.29, 0.717) is 5.75 Å². The van der Waals surface area contributed by atoms with Crippen LogP contribution in [0.3, 0.4) is 0 Å². The highest BCUT2D eigenvalue weighted by atomic mass is 79.9. The number of hydrogen-bond donors (Lipinski definition) is 2. The van der Waals surface area contributed by atoms with Crippen LogP contribution >= 0.6 is 15.9 Å². The first-order valence-electron chi connectivity index (χ1n) is 6.64. The van der Waals surface area contributed by atoms with Crippen LogP contribution in [-0.4, -0.2) is 18.4 Å². The van der Waals surface area contributed by atoms with E-state index in [-0.39, 0.29) is 12.4 Å². The second kappa shape index (κ2) is 7.65. The van der Waals surface area contributed by atoms with Crippen LogP contribution in [0.25, 0.3) is 0 Å². The van der Waals surface area contributed by atoms with Gasteiger partial charge >= 0.3 is 5.91 Å². The van der Waals surface area contributed by atoms with Crippen LogP contribution in [0.1, 0.15) is 23.0 Å². The number of furan rings is 1. The van der Waals surface area contributed by atoms with Crippen molar-refractivity contribution in [1.82, 2.24) is 10.9 Å². The molecule has 0 fully saturated rings. The minimum absolute atomic E-state index is 0.110. The van der Waals surface area contributed by atoms with Gasteiger partial charge in [0.25, 0.3) is 5.91 Å². The molecule has 0 aliphatic carbocycles. The van der Waals surface area contributed by atoms with Gasteiger partial charge in [-0.25, -0.2) is 0 Å². The number of carbonyl (C=O) groups excluding carboxylic acids is 2. The summed E-state index contributed by atoms with van der Waals surface area (Å²) >= 11 is 3.39. The topological polar surface area (TPSA) is 80.6 Å². The molecular weight excluding hydrogens is 352 g/mol. The summed E-state index contributed by atoms with van der Waals surface area (Å²) in [5.41, 5.74) is 5.64. The quantitative estimate of drug-likeness (QED) is 0.796. The van der Waals surface area contributed by atoms with Crippen molar-refractivity contribution < 1.29 is 18.7 Å². The second-order valence-corrected chi connectivity index (χ2v) is 5.24. The number of carbonyl (C=O) groups is 2. The third kappa shape index (κ3) is 4.36.